The van der Waals surface area contributed by atoms with Crippen LogP contribution in [-0.2, 0) is 13.5 Å². The molecule has 0 amide bonds. The Kier molecular flexibility index (Phi) is 2.80. The van der Waals surface area contributed by atoms with Crippen LogP contribution in [0, 0.1) is 0 Å². The van der Waals surface area contributed by atoms with Crippen molar-refractivity contribution in [3.8, 4) is 0 Å². The Morgan fingerprint density at radius 3 is 2.88 bits per heavy atom. The van der Waals surface area contributed by atoms with E-state index in [1.807, 2.05) is 31.3 Å². The largest absolute Gasteiger partial charge is 0.368 e. The van der Waals surface area contributed by atoms with Gasteiger partial charge in [0.15, 0.2) is 0 Å². The molecule has 0 radical (unpaired) electrons. The molecular formula is C10H16N6. The standard InChI is InChI=1S/C10H16N6/c1-15(7-5-8-4-3-6-12-8)10-14-13-9(11)16(10)2/h3-4,6,12H,5,7H2,1-2H3,(H2,11,13). The van der Waals surface area contributed by atoms with Gasteiger partial charge in [-0.25, -0.2) is 0 Å². The molecular weight excluding hydrogens is 204 g/mol. The Morgan fingerprint density at radius 1 is 1.50 bits per heavy atom. The van der Waals surface area contributed by atoms with Gasteiger partial charge in [-0.05, 0) is 12.1 Å². The van der Waals surface area contributed by atoms with Gasteiger partial charge in [0.2, 0.25) is 11.9 Å². The predicted molar refractivity (Wildman–Crippen MR) is 63.2 cm³/mol. The summed E-state index contributed by atoms with van der Waals surface area (Å²) in [4.78, 5) is 5.20. The van der Waals surface area contributed by atoms with E-state index in [1.54, 1.807) is 4.57 Å². The predicted octanol–water partition coefficient (Wildman–Crippen LogP) is 0.404. The minimum atomic E-state index is 0.432. The zero-order valence-corrected chi connectivity index (χ0v) is 9.51. The summed E-state index contributed by atoms with van der Waals surface area (Å²) in [5.74, 6) is 1.21. The quantitative estimate of drug-likeness (QED) is 0.782. The van der Waals surface area contributed by atoms with E-state index in [0.717, 1.165) is 18.9 Å². The molecule has 3 N–H and O–H groups in total. The summed E-state index contributed by atoms with van der Waals surface area (Å²) in [7, 11) is 3.84. The third-order valence-electron chi connectivity index (χ3n) is 2.61. The van der Waals surface area contributed by atoms with Gasteiger partial charge in [-0.1, -0.05) is 0 Å². The van der Waals surface area contributed by atoms with Gasteiger partial charge in [0.25, 0.3) is 0 Å². The van der Waals surface area contributed by atoms with E-state index in [9.17, 15) is 0 Å². The summed E-state index contributed by atoms with van der Waals surface area (Å²) in [6.07, 6.45) is 2.87. The van der Waals surface area contributed by atoms with Crippen LogP contribution in [0.3, 0.4) is 0 Å². The van der Waals surface area contributed by atoms with E-state index < -0.39 is 0 Å². The first-order valence-electron chi connectivity index (χ1n) is 5.16. The molecule has 0 aromatic carbocycles. The average molecular weight is 220 g/mol. The Labute approximate surface area is 94.1 Å². The van der Waals surface area contributed by atoms with Gasteiger partial charge in [-0.15, -0.1) is 10.2 Å². The summed E-state index contributed by atoms with van der Waals surface area (Å²) in [6.45, 7) is 0.868. The Bertz CT molecular complexity index is 444. The van der Waals surface area contributed by atoms with E-state index in [-0.39, 0.29) is 0 Å². The molecule has 0 fully saturated rings. The molecule has 2 heterocycles. The number of anilines is 2. The van der Waals surface area contributed by atoms with E-state index in [4.69, 9.17) is 5.73 Å². The number of nitrogen functional groups attached to an aromatic ring is 1. The first-order chi connectivity index (χ1) is 7.68. The van der Waals surface area contributed by atoms with Crippen LogP contribution in [0.15, 0.2) is 18.3 Å². The second kappa shape index (κ2) is 4.26. The average Bonchev–Trinajstić information content (AvgIpc) is 2.88. The van der Waals surface area contributed by atoms with Gasteiger partial charge in [0.1, 0.15) is 0 Å². The lowest BCUT2D eigenvalue weighted by Gasteiger charge is -2.16. The van der Waals surface area contributed by atoms with Crippen molar-refractivity contribution in [3.05, 3.63) is 24.0 Å². The van der Waals surface area contributed by atoms with Crippen LogP contribution in [0.5, 0.6) is 0 Å². The summed E-state index contributed by atoms with van der Waals surface area (Å²) in [5.41, 5.74) is 6.84. The molecule has 6 heteroatoms. The van der Waals surface area contributed by atoms with Crippen molar-refractivity contribution < 1.29 is 0 Å². The lowest BCUT2D eigenvalue weighted by atomic mass is 10.3. The Hall–Kier alpha value is -1.98. The molecule has 0 aliphatic rings. The molecule has 0 atom stereocenters. The Balaban J connectivity index is 1.98. The maximum Gasteiger partial charge on any atom is 0.228 e. The van der Waals surface area contributed by atoms with E-state index in [2.05, 4.69) is 21.2 Å². The third kappa shape index (κ3) is 2.00. The number of hydrogen-bond acceptors (Lipinski definition) is 4. The van der Waals surface area contributed by atoms with Crippen molar-refractivity contribution >= 4 is 11.9 Å². The van der Waals surface area contributed by atoms with Gasteiger partial charge in [0.05, 0.1) is 0 Å². The summed E-state index contributed by atoms with van der Waals surface area (Å²) in [6, 6.07) is 4.06. The number of likely N-dealkylation sites (N-methyl/N-ethyl adjacent to an activating group) is 1. The lowest BCUT2D eigenvalue weighted by molar-refractivity contribution is 0.787. The fourth-order valence-electron chi connectivity index (χ4n) is 1.58. The highest BCUT2D eigenvalue weighted by molar-refractivity contribution is 5.35. The number of aromatic nitrogens is 4. The second-order valence-electron chi connectivity index (χ2n) is 3.78. The molecule has 86 valence electrons. The zero-order valence-electron chi connectivity index (χ0n) is 9.51. The first kappa shape index (κ1) is 10.5. The number of hydrogen-bond donors (Lipinski definition) is 2. The molecule has 0 saturated carbocycles. The highest BCUT2D eigenvalue weighted by atomic mass is 15.4. The van der Waals surface area contributed by atoms with Crippen LogP contribution in [0.25, 0.3) is 0 Å². The minimum Gasteiger partial charge on any atom is -0.368 e. The van der Waals surface area contributed by atoms with Crippen LogP contribution in [-0.4, -0.2) is 33.3 Å². The molecule has 0 unspecified atom stereocenters. The molecule has 6 nitrogen and oxygen atoms in total. The van der Waals surface area contributed by atoms with Gasteiger partial charge < -0.3 is 15.6 Å². The molecule has 0 saturated heterocycles. The summed E-state index contributed by atoms with van der Waals surface area (Å²) < 4.78 is 1.77. The number of nitrogens with two attached hydrogens (primary N) is 1. The van der Waals surface area contributed by atoms with Crippen LogP contribution >= 0.6 is 0 Å². The molecule has 2 rings (SSSR count). The topological polar surface area (TPSA) is 75.8 Å². The van der Waals surface area contributed by atoms with Crippen LogP contribution in [0.1, 0.15) is 5.69 Å². The molecule has 0 bridgehead atoms. The zero-order chi connectivity index (χ0) is 11.5. The minimum absolute atomic E-state index is 0.432. The number of H-pyrrole nitrogens is 1. The van der Waals surface area contributed by atoms with Crippen molar-refractivity contribution in [2.75, 3.05) is 24.2 Å². The highest BCUT2D eigenvalue weighted by Gasteiger charge is 2.10. The normalized spacial score (nSPS) is 10.6. The van der Waals surface area contributed by atoms with Crippen LogP contribution in [0.2, 0.25) is 0 Å². The maximum absolute atomic E-state index is 5.63. The third-order valence-corrected chi connectivity index (χ3v) is 2.61. The van der Waals surface area contributed by atoms with Crippen molar-refractivity contribution in [1.29, 1.82) is 0 Å². The lowest BCUT2D eigenvalue weighted by Crippen LogP contribution is -2.23. The van der Waals surface area contributed by atoms with Crippen molar-refractivity contribution in [2.45, 2.75) is 6.42 Å². The summed E-state index contributed by atoms with van der Waals surface area (Å²) in [5, 5.41) is 7.84. The molecule has 0 aliphatic heterocycles. The molecule has 2 aromatic heterocycles. The number of nitrogens with one attached hydrogen (secondary N) is 1. The maximum atomic E-state index is 5.63. The number of rotatable bonds is 4. The van der Waals surface area contributed by atoms with E-state index >= 15 is 0 Å². The fourth-order valence-corrected chi connectivity index (χ4v) is 1.58. The van der Waals surface area contributed by atoms with Crippen molar-refractivity contribution in [2.24, 2.45) is 7.05 Å². The molecule has 16 heavy (non-hydrogen) atoms. The molecule has 0 aliphatic carbocycles. The smallest absolute Gasteiger partial charge is 0.228 e. The molecule has 0 spiro atoms. The second-order valence-corrected chi connectivity index (χ2v) is 3.78. The van der Waals surface area contributed by atoms with Gasteiger partial charge in [0, 0.05) is 39.0 Å². The highest BCUT2D eigenvalue weighted by Crippen LogP contribution is 2.11. The first-order valence-corrected chi connectivity index (χ1v) is 5.16. The van der Waals surface area contributed by atoms with Crippen molar-refractivity contribution in [1.82, 2.24) is 19.7 Å². The number of aromatic amines is 1. The molecule has 2 aromatic rings. The van der Waals surface area contributed by atoms with Gasteiger partial charge in [-0.2, -0.15) is 0 Å². The number of nitrogens with zero attached hydrogens (tertiary/aromatic N) is 4. The monoisotopic (exact) mass is 220 g/mol. The fraction of sp³-hybridized carbons (Fsp3) is 0.400. The van der Waals surface area contributed by atoms with E-state index in [1.165, 1.54) is 5.69 Å². The SMILES string of the molecule is CN(CCc1ccc[nH]1)c1nnc(N)n1C. The van der Waals surface area contributed by atoms with Crippen LogP contribution in [0.4, 0.5) is 11.9 Å². The van der Waals surface area contributed by atoms with Gasteiger partial charge >= 0.3 is 0 Å². The summed E-state index contributed by atoms with van der Waals surface area (Å²) >= 11 is 0. The van der Waals surface area contributed by atoms with E-state index in [0.29, 0.717) is 5.95 Å². The van der Waals surface area contributed by atoms with Crippen LogP contribution < -0.4 is 10.6 Å². The van der Waals surface area contributed by atoms with Crippen molar-refractivity contribution in [3.63, 3.8) is 0 Å². The Morgan fingerprint density at radius 2 is 2.31 bits per heavy atom. The van der Waals surface area contributed by atoms with Gasteiger partial charge in [-0.3, -0.25) is 4.57 Å².